The van der Waals surface area contributed by atoms with Crippen LogP contribution in [0.4, 0.5) is 10.1 Å². The van der Waals surface area contributed by atoms with Crippen molar-refractivity contribution in [2.75, 3.05) is 70.5 Å². The standard InChI is InChI=1S/C23H38FN5O2/c1-3-25-23(26-9-5-14-31-20-8-15-30-18-20)27-17-19-6-7-22(21(24)16-19)29-12-10-28(4-2)11-13-29/h6-7,16,20H,3-5,8-15,17-18H2,1-2H3,(H2,25,26,27). The molecule has 3 rings (SSSR count). The predicted octanol–water partition coefficient (Wildman–Crippen LogP) is 2.22. The fourth-order valence-corrected chi connectivity index (χ4v) is 3.90. The number of halogens is 1. The van der Waals surface area contributed by atoms with Crippen molar-refractivity contribution in [2.45, 2.75) is 39.3 Å². The van der Waals surface area contributed by atoms with Gasteiger partial charge in [0.25, 0.3) is 0 Å². The van der Waals surface area contributed by atoms with Gasteiger partial charge in [0.2, 0.25) is 0 Å². The predicted molar refractivity (Wildman–Crippen MR) is 123 cm³/mol. The Kier molecular flexibility index (Phi) is 9.84. The van der Waals surface area contributed by atoms with Crippen molar-refractivity contribution in [2.24, 2.45) is 4.99 Å². The summed E-state index contributed by atoms with van der Waals surface area (Å²) in [5.74, 6) is 0.579. The third-order valence-corrected chi connectivity index (χ3v) is 5.79. The molecule has 0 aromatic heterocycles. The summed E-state index contributed by atoms with van der Waals surface area (Å²) in [6.07, 6.45) is 2.13. The Morgan fingerprint density at radius 3 is 2.74 bits per heavy atom. The molecule has 1 aromatic carbocycles. The van der Waals surface area contributed by atoms with Crippen LogP contribution in [-0.4, -0.2) is 82.6 Å². The van der Waals surface area contributed by atoms with Crippen LogP contribution >= 0.6 is 0 Å². The summed E-state index contributed by atoms with van der Waals surface area (Å²) in [5, 5.41) is 6.57. The molecule has 1 aromatic rings. The van der Waals surface area contributed by atoms with E-state index in [1.807, 2.05) is 19.1 Å². The second-order valence-electron chi connectivity index (χ2n) is 8.04. The second kappa shape index (κ2) is 12.8. The third-order valence-electron chi connectivity index (χ3n) is 5.79. The Morgan fingerprint density at radius 2 is 2.06 bits per heavy atom. The number of rotatable bonds is 10. The SMILES string of the molecule is CCNC(=NCc1ccc(N2CCN(CC)CC2)c(F)c1)NCCCOC1CCOC1. The Bertz CT molecular complexity index is 689. The van der Waals surface area contributed by atoms with E-state index in [9.17, 15) is 4.39 Å². The van der Waals surface area contributed by atoms with Crippen molar-refractivity contribution in [3.05, 3.63) is 29.6 Å². The zero-order valence-electron chi connectivity index (χ0n) is 19.0. The number of hydrogen-bond donors (Lipinski definition) is 2. The van der Waals surface area contributed by atoms with Gasteiger partial charge in [0, 0.05) is 52.5 Å². The number of anilines is 1. The number of nitrogens with one attached hydrogen (secondary N) is 2. The van der Waals surface area contributed by atoms with E-state index in [4.69, 9.17) is 9.47 Å². The highest BCUT2D eigenvalue weighted by atomic mass is 19.1. The number of benzene rings is 1. The van der Waals surface area contributed by atoms with Gasteiger partial charge in [-0.25, -0.2) is 9.38 Å². The van der Waals surface area contributed by atoms with Gasteiger partial charge in [0.05, 0.1) is 24.9 Å². The van der Waals surface area contributed by atoms with Crippen LogP contribution in [0.25, 0.3) is 0 Å². The van der Waals surface area contributed by atoms with Crippen LogP contribution in [0.1, 0.15) is 32.3 Å². The number of likely N-dealkylation sites (N-methyl/N-ethyl adjacent to an activating group) is 1. The van der Waals surface area contributed by atoms with Crippen molar-refractivity contribution >= 4 is 11.6 Å². The summed E-state index contributed by atoms with van der Waals surface area (Å²) in [5.41, 5.74) is 1.57. The lowest BCUT2D eigenvalue weighted by molar-refractivity contribution is 0.0420. The maximum absolute atomic E-state index is 14.7. The number of guanidine groups is 1. The first kappa shape index (κ1) is 23.8. The molecule has 31 heavy (non-hydrogen) atoms. The van der Waals surface area contributed by atoms with Gasteiger partial charge in [-0.15, -0.1) is 0 Å². The lowest BCUT2D eigenvalue weighted by Gasteiger charge is -2.35. The average Bonchev–Trinajstić information content (AvgIpc) is 3.31. The minimum absolute atomic E-state index is 0.163. The van der Waals surface area contributed by atoms with E-state index in [-0.39, 0.29) is 11.9 Å². The molecule has 7 nitrogen and oxygen atoms in total. The van der Waals surface area contributed by atoms with Gasteiger partial charge in [-0.05, 0) is 44.0 Å². The van der Waals surface area contributed by atoms with Crippen molar-refractivity contribution in [1.82, 2.24) is 15.5 Å². The average molecular weight is 436 g/mol. The van der Waals surface area contributed by atoms with E-state index in [1.165, 1.54) is 0 Å². The molecule has 0 aliphatic carbocycles. The zero-order valence-corrected chi connectivity index (χ0v) is 19.0. The first-order valence-electron chi connectivity index (χ1n) is 11.7. The number of nitrogens with zero attached hydrogens (tertiary/aromatic N) is 3. The Hall–Kier alpha value is -1.90. The highest BCUT2D eigenvalue weighted by molar-refractivity contribution is 5.79. The molecular formula is C23H38FN5O2. The normalized spacial score (nSPS) is 20.3. The minimum atomic E-state index is -0.163. The fraction of sp³-hybridized carbons (Fsp3) is 0.696. The van der Waals surface area contributed by atoms with E-state index in [0.717, 1.165) is 76.8 Å². The van der Waals surface area contributed by atoms with Gasteiger partial charge in [0.1, 0.15) is 5.82 Å². The summed E-state index contributed by atoms with van der Waals surface area (Å²) < 4.78 is 25.8. The molecule has 2 aliphatic heterocycles. The molecular weight excluding hydrogens is 397 g/mol. The second-order valence-corrected chi connectivity index (χ2v) is 8.04. The van der Waals surface area contributed by atoms with E-state index >= 15 is 0 Å². The van der Waals surface area contributed by atoms with Crippen LogP contribution in [0.2, 0.25) is 0 Å². The summed E-state index contributed by atoms with van der Waals surface area (Å²) in [4.78, 5) is 9.14. The quantitative estimate of drug-likeness (QED) is 0.334. The first-order chi connectivity index (χ1) is 15.2. The van der Waals surface area contributed by atoms with Crippen molar-refractivity contribution in [3.63, 3.8) is 0 Å². The molecule has 2 saturated heterocycles. The Balaban J connectivity index is 1.45. The Labute approximate surface area is 186 Å². The zero-order chi connectivity index (χ0) is 21.9. The van der Waals surface area contributed by atoms with Crippen LogP contribution < -0.4 is 15.5 Å². The first-order valence-corrected chi connectivity index (χ1v) is 11.7. The van der Waals surface area contributed by atoms with Crippen molar-refractivity contribution in [1.29, 1.82) is 0 Å². The van der Waals surface area contributed by atoms with Crippen molar-refractivity contribution < 1.29 is 13.9 Å². The summed E-state index contributed by atoms with van der Waals surface area (Å²) >= 11 is 0. The number of aliphatic imine (C=N–C) groups is 1. The number of ether oxygens (including phenoxy) is 2. The molecule has 2 aliphatic rings. The van der Waals surface area contributed by atoms with Gasteiger partial charge in [-0.1, -0.05) is 13.0 Å². The lowest BCUT2D eigenvalue weighted by atomic mass is 10.1. The molecule has 2 heterocycles. The van der Waals surface area contributed by atoms with E-state index in [2.05, 4.69) is 32.3 Å². The smallest absolute Gasteiger partial charge is 0.191 e. The van der Waals surface area contributed by atoms with Gasteiger partial charge in [0.15, 0.2) is 5.96 Å². The van der Waals surface area contributed by atoms with Gasteiger partial charge >= 0.3 is 0 Å². The molecule has 0 bridgehead atoms. The van der Waals surface area contributed by atoms with Gasteiger partial charge in [-0.2, -0.15) is 0 Å². The molecule has 0 spiro atoms. The molecule has 2 fully saturated rings. The molecule has 1 unspecified atom stereocenters. The summed E-state index contributed by atoms with van der Waals surface area (Å²) in [7, 11) is 0. The van der Waals surface area contributed by atoms with Crippen LogP contribution in [0.15, 0.2) is 23.2 Å². The third kappa shape index (κ3) is 7.63. The highest BCUT2D eigenvalue weighted by Gasteiger charge is 2.18. The molecule has 0 radical (unpaired) electrons. The monoisotopic (exact) mass is 435 g/mol. The largest absolute Gasteiger partial charge is 0.379 e. The van der Waals surface area contributed by atoms with E-state index in [1.54, 1.807) is 6.07 Å². The van der Waals surface area contributed by atoms with Gasteiger partial charge < -0.3 is 29.9 Å². The number of piperazine rings is 1. The van der Waals surface area contributed by atoms with E-state index < -0.39 is 0 Å². The maximum atomic E-state index is 14.7. The van der Waals surface area contributed by atoms with E-state index in [0.29, 0.717) is 25.4 Å². The summed E-state index contributed by atoms with van der Waals surface area (Å²) in [6, 6.07) is 5.49. The minimum Gasteiger partial charge on any atom is -0.379 e. The van der Waals surface area contributed by atoms with Crippen LogP contribution in [0.3, 0.4) is 0 Å². The molecule has 1 atom stereocenters. The summed E-state index contributed by atoms with van der Waals surface area (Å²) in [6.45, 7) is 13.2. The molecule has 8 heteroatoms. The van der Waals surface area contributed by atoms with Crippen LogP contribution in [0.5, 0.6) is 0 Å². The molecule has 0 amide bonds. The van der Waals surface area contributed by atoms with Crippen molar-refractivity contribution in [3.8, 4) is 0 Å². The van der Waals surface area contributed by atoms with Crippen LogP contribution in [0, 0.1) is 5.82 Å². The topological polar surface area (TPSA) is 61.4 Å². The molecule has 174 valence electrons. The van der Waals surface area contributed by atoms with Crippen LogP contribution in [-0.2, 0) is 16.0 Å². The lowest BCUT2D eigenvalue weighted by Crippen LogP contribution is -2.46. The number of hydrogen-bond acceptors (Lipinski definition) is 5. The van der Waals surface area contributed by atoms with Gasteiger partial charge in [-0.3, -0.25) is 0 Å². The fourth-order valence-electron chi connectivity index (χ4n) is 3.90. The molecule has 2 N–H and O–H groups in total. The molecule has 0 saturated carbocycles. The Morgan fingerprint density at radius 1 is 1.23 bits per heavy atom. The maximum Gasteiger partial charge on any atom is 0.191 e. The highest BCUT2D eigenvalue weighted by Crippen LogP contribution is 2.22.